The maximum absolute atomic E-state index is 2.57. The van der Waals surface area contributed by atoms with Gasteiger partial charge in [-0.1, -0.05) is 62.3 Å². The monoisotopic (exact) mass is 236 g/mol. The van der Waals surface area contributed by atoms with E-state index in [0.29, 0.717) is 27.1 Å². The van der Waals surface area contributed by atoms with E-state index in [2.05, 4.69) is 62.3 Å². The summed E-state index contributed by atoms with van der Waals surface area (Å²) in [6.07, 6.45) is 2.75. The fourth-order valence-corrected chi connectivity index (χ4v) is 6.54. The van der Waals surface area contributed by atoms with Crippen molar-refractivity contribution in [1.82, 2.24) is 0 Å². The Labute approximate surface area is 109 Å². The zero-order valence-electron chi connectivity index (χ0n) is 13.5. The molecule has 100 valence electrons. The maximum atomic E-state index is 2.57. The van der Waals surface area contributed by atoms with Crippen molar-refractivity contribution in [2.24, 2.45) is 33.0 Å². The molecule has 0 heteroatoms. The minimum atomic E-state index is 0.444. The first kappa shape index (κ1) is 13.4. The lowest BCUT2D eigenvalue weighted by molar-refractivity contribution is -0.316. The van der Waals surface area contributed by atoms with Crippen LogP contribution in [0.15, 0.2) is 0 Å². The molecule has 0 amide bonds. The van der Waals surface area contributed by atoms with E-state index in [-0.39, 0.29) is 0 Å². The van der Waals surface area contributed by atoms with Crippen molar-refractivity contribution < 1.29 is 0 Å². The van der Waals surface area contributed by atoms with Gasteiger partial charge in [0, 0.05) is 0 Å². The van der Waals surface area contributed by atoms with Gasteiger partial charge in [-0.2, -0.15) is 0 Å². The normalized spacial score (nSPS) is 50.3. The van der Waals surface area contributed by atoms with Gasteiger partial charge in [-0.05, 0) is 45.8 Å². The Morgan fingerprint density at radius 1 is 0.706 bits per heavy atom. The van der Waals surface area contributed by atoms with E-state index in [1.165, 1.54) is 12.8 Å². The molecule has 3 unspecified atom stereocenters. The predicted molar refractivity (Wildman–Crippen MR) is 76.0 cm³/mol. The summed E-state index contributed by atoms with van der Waals surface area (Å²) in [5.74, 6) is 0.820. The topological polar surface area (TPSA) is 0 Å². The highest BCUT2D eigenvalue weighted by molar-refractivity contribution is 5.23. The highest BCUT2D eigenvalue weighted by Crippen LogP contribution is 2.82. The van der Waals surface area contributed by atoms with Crippen molar-refractivity contribution in [2.45, 2.75) is 75.2 Å². The zero-order chi connectivity index (χ0) is 13.5. The van der Waals surface area contributed by atoms with E-state index in [0.717, 1.165) is 5.92 Å². The third kappa shape index (κ3) is 1.21. The lowest BCUT2D eigenvalue weighted by atomic mass is 9.24. The minimum absolute atomic E-state index is 0.444. The average molecular weight is 236 g/mol. The van der Waals surface area contributed by atoms with Gasteiger partial charge >= 0.3 is 0 Å². The third-order valence-electron chi connectivity index (χ3n) is 7.68. The summed E-state index contributed by atoms with van der Waals surface area (Å²) in [6.45, 7) is 22.6. The van der Waals surface area contributed by atoms with Gasteiger partial charge < -0.3 is 0 Å². The molecular weight excluding hydrogens is 204 g/mol. The van der Waals surface area contributed by atoms with Crippen molar-refractivity contribution in [3.63, 3.8) is 0 Å². The first-order valence-corrected chi connectivity index (χ1v) is 7.32. The lowest BCUT2D eigenvalue weighted by Crippen LogP contribution is -2.73. The van der Waals surface area contributed by atoms with Crippen LogP contribution in [0.5, 0.6) is 0 Å². The molecule has 2 rings (SSSR count). The number of rotatable bonds is 0. The average Bonchev–Trinajstić information content (AvgIpc) is 2.10. The summed E-state index contributed by atoms with van der Waals surface area (Å²) < 4.78 is 0. The molecule has 3 atom stereocenters. The van der Waals surface area contributed by atoms with Gasteiger partial charge in [0.15, 0.2) is 0 Å². The van der Waals surface area contributed by atoms with Gasteiger partial charge in [0.2, 0.25) is 0 Å². The van der Waals surface area contributed by atoms with Crippen molar-refractivity contribution in [3.8, 4) is 0 Å². The van der Waals surface area contributed by atoms with Crippen molar-refractivity contribution >= 4 is 0 Å². The number of fused-ring (bicyclic) bond motifs is 1. The molecule has 0 nitrogen and oxygen atoms in total. The van der Waals surface area contributed by atoms with Gasteiger partial charge in [0.25, 0.3) is 0 Å². The summed E-state index contributed by atoms with van der Waals surface area (Å²) in [5, 5.41) is 0. The van der Waals surface area contributed by atoms with E-state index >= 15 is 0 Å². The Kier molecular flexibility index (Phi) is 2.32. The lowest BCUT2D eigenvalue weighted by Gasteiger charge is -2.80. The Bertz CT molecular complexity index is 345. The number of hydrogen-bond acceptors (Lipinski definition) is 0. The molecule has 0 aromatic carbocycles. The fraction of sp³-hybridized carbons (Fsp3) is 1.00. The molecule has 2 fully saturated rings. The smallest absolute Gasteiger partial charge is 0.0166 e. The molecule has 2 saturated carbocycles. The second kappa shape index (κ2) is 2.94. The van der Waals surface area contributed by atoms with Crippen LogP contribution in [0.1, 0.15) is 75.2 Å². The fourth-order valence-electron chi connectivity index (χ4n) is 6.54. The molecule has 2 aliphatic rings. The summed E-state index contributed by atoms with van der Waals surface area (Å²) in [6, 6.07) is 0. The van der Waals surface area contributed by atoms with E-state index < -0.39 is 0 Å². The molecule has 0 aliphatic heterocycles. The van der Waals surface area contributed by atoms with E-state index in [1.807, 2.05) is 0 Å². The third-order valence-corrected chi connectivity index (χ3v) is 7.68. The van der Waals surface area contributed by atoms with Crippen LogP contribution >= 0.6 is 0 Å². The first-order valence-electron chi connectivity index (χ1n) is 7.32. The predicted octanol–water partition coefficient (Wildman–Crippen LogP) is 5.52. The highest BCUT2D eigenvalue weighted by atomic mass is 14.8. The number of hydrogen-bond donors (Lipinski definition) is 0. The largest absolute Gasteiger partial charge is 0.0615 e. The van der Waals surface area contributed by atoms with Gasteiger partial charge in [0.05, 0.1) is 0 Å². The van der Waals surface area contributed by atoms with E-state index in [1.54, 1.807) is 0 Å². The van der Waals surface area contributed by atoms with Crippen LogP contribution in [0.25, 0.3) is 0 Å². The molecule has 17 heavy (non-hydrogen) atoms. The van der Waals surface area contributed by atoms with Crippen LogP contribution in [0.3, 0.4) is 0 Å². The van der Waals surface area contributed by atoms with Crippen LogP contribution < -0.4 is 0 Å². The van der Waals surface area contributed by atoms with Crippen molar-refractivity contribution in [1.29, 1.82) is 0 Å². The van der Waals surface area contributed by atoms with Crippen LogP contribution in [-0.2, 0) is 0 Å². The van der Waals surface area contributed by atoms with Gasteiger partial charge in [0.1, 0.15) is 0 Å². The van der Waals surface area contributed by atoms with Crippen molar-refractivity contribution in [3.05, 3.63) is 0 Å². The molecule has 2 aliphatic carbocycles. The molecule has 0 aromatic heterocycles. The Morgan fingerprint density at radius 2 is 1.12 bits per heavy atom. The summed E-state index contributed by atoms with van der Waals surface area (Å²) in [4.78, 5) is 0. The molecule has 0 heterocycles. The van der Waals surface area contributed by atoms with Gasteiger partial charge in [-0.3, -0.25) is 0 Å². The Balaban J connectivity index is 2.56. The molecule has 0 bridgehead atoms. The Morgan fingerprint density at radius 3 is 1.53 bits per heavy atom. The second-order valence-electron chi connectivity index (χ2n) is 9.37. The quantitative estimate of drug-likeness (QED) is 0.519. The van der Waals surface area contributed by atoms with Crippen LogP contribution in [0.4, 0.5) is 0 Å². The minimum Gasteiger partial charge on any atom is -0.0615 e. The standard InChI is InChI=1S/C17H32/c1-12-13(2,3)10-14(4,5)17(9)15(6,7)11-16(12,17)8/h12H,10-11H2,1-9H3. The second-order valence-corrected chi connectivity index (χ2v) is 9.37. The van der Waals surface area contributed by atoms with E-state index in [9.17, 15) is 0 Å². The molecule has 0 aromatic rings. The highest BCUT2D eigenvalue weighted by Gasteiger charge is 2.75. The molecular formula is C17H32. The van der Waals surface area contributed by atoms with Crippen LogP contribution in [0.2, 0.25) is 0 Å². The van der Waals surface area contributed by atoms with Crippen LogP contribution in [0, 0.1) is 33.0 Å². The maximum Gasteiger partial charge on any atom is -0.0166 e. The summed E-state index contributed by atoms with van der Waals surface area (Å²) in [5.41, 5.74) is 2.41. The zero-order valence-corrected chi connectivity index (χ0v) is 13.5. The van der Waals surface area contributed by atoms with Crippen molar-refractivity contribution in [2.75, 3.05) is 0 Å². The molecule has 0 radical (unpaired) electrons. The summed E-state index contributed by atoms with van der Waals surface area (Å²) in [7, 11) is 0. The molecule has 0 saturated heterocycles. The molecule has 0 N–H and O–H groups in total. The van der Waals surface area contributed by atoms with Crippen LogP contribution in [-0.4, -0.2) is 0 Å². The Hall–Kier alpha value is 0. The van der Waals surface area contributed by atoms with Gasteiger partial charge in [-0.25, -0.2) is 0 Å². The molecule has 0 spiro atoms. The SMILES string of the molecule is CC1C(C)(C)CC(C)(C)C2(C)C(C)(C)CC12C. The van der Waals surface area contributed by atoms with E-state index in [4.69, 9.17) is 0 Å². The van der Waals surface area contributed by atoms with Gasteiger partial charge in [-0.15, -0.1) is 0 Å². The first-order chi connectivity index (χ1) is 7.32. The summed E-state index contributed by atoms with van der Waals surface area (Å²) >= 11 is 0.